The second kappa shape index (κ2) is 103. The van der Waals surface area contributed by atoms with Crippen molar-refractivity contribution in [3.05, 3.63) is 139 Å². The monoisotopic (exact) mass is 1580 g/mol. The summed E-state index contributed by atoms with van der Waals surface area (Å²) in [4.78, 5) is 0. The van der Waals surface area contributed by atoms with Crippen LogP contribution in [0, 0.1) is 0 Å². The third kappa shape index (κ3) is 105. The van der Waals surface area contributed by atoms with Gasteiger partial charge in [0.15, 0.2) is 0 Å². The van der Waals surface area contributed by atoms with Gasteiger partial charge in [-0.05, 0) is 125 Å². The minimum absolute atomic E-state index is 0.349. The van der Waals surface area contributed by atoms with Crippen molar-refractivity contribution in [3.63, 3.8) is 0 Å². The van der Waals surface area contributed by atoms with Gasteiger partial charge in [-0.2, -0.15) is 0 Å². The first-order valence-electron chi connectivity index (χ1n) is 35.8. The van der Waals surface area contributed by atoms with E-state index in [0.717, 1.165) is 151 Å². The average molecular weight is 1590 g/mol. The van der Waals surface area contributed by atoms with Crippen LogP contribution in [0.15, 0.2) is 97.1 Å². The lowest BCUT2D eigenvalue weighted by Crippen LogP contribution is -2.07. The van der Waals surface area contributed by atoms with Gasteiger partial charge in [0.1, 0.15) is 0 Å². The zero-order chi connectivity index (χ0) is 79.2. The molecule has 0 saturated carbocycles. The number of rotatable bonds is 54. The lowest BCUT2D eigenvalue weighted by molar-refractivity contribution is 0.0280. The molecule has 0 unspecified atom stereocenters. The minimum Gasteiger partial charge on any atom is -0.385 e. The van der Waals surface area contributed by atoms with E-state index in [1.807, 2.05) is 107 Å². The fourth-order valence-electron chi connectivity index (χ4n) is 6.76. The summed E-state index contributed by atoms with van der Waals surface area (Å²) in [7, 11) is 20.1. The van der Waals surface area contributed by atoms with Gasteiger partial charge in [0.05, 0.1) is 125 Å². The summed E-state index contributed by atoms with van der Waals surface area (Å²) in [5.74, 6) is 0. The molecule has 0 bridgehead atoms. The molecule has 4 rings (SSSR count). The third-order valence-corrected chi connectivity index (χ3v) is 13.0. The van der Waals surface area contributed by atoms with Gasteiger partial charge in [-0.1, -0.05) is 114 Å². The summed E-state index contributed by atoms with van der Waals surface area (Å²) in [6.45, 7) is 31.8. The van der Waals surface area contributed by atoms with Crippen LogP contribution in [0.4, 0.5) is 0 Å². The molecule has 0 heterocycles. The van der Waals surface area contributed by atoms with Gasteiger partial charge in [0.25, 0.3) is 0 Å². The van der Waals surface area contributed by atoms with E-state index in [9.17, 15) is 0 Å². The van der Waals surface area contributed by atoms with E-state index >= 15 is 0 Å². The van der Waals surface area contributed by atoms with Gasteiger partial charge >= 0.3 is 0 Å². The molecule has 0 amide bonds. The predicted molar refractivity (Wildman–Crippen MR) is 427 cm³/mol. The molecular weight excluding hydrogens is 1440 g/mol. The average Bonchev–Trinajstić information content (AvgIpc) is 0.925. The van der Waals surface area contributed by atoms with Gasteiger partial charge in [-0.3, -0.25) is 0 Å². The highest BCUT2D eigenvalue weighted by atomic mass is 35.5. The summed E-state index contributed by atoms with van der Waals surface area (Å²) in [5, 5.41) is 2.75. The number of hydrogen-bond acceptors (Lipinski definition) is 22. The molecule has 4 aromatic rings. The highest BCUT2D eigenvalue weighted by molar-refractivity contribution is 6.34. The molecule has 0 radical (unpaired) electrons. The Morgan fingerprint density at radius 3 is 0.990 bits per heavy atom. The maximum Gasteiger partial charge on any atom is 0.0732 e. The lowest BCUT2D eigenvalue weighted by atomic mass is 10.2. The molecule has 105 heavy (non-hydrogen) atoms. The Kier molecular flexibility index (Phi) is 111. The van der Waals surface area contributed by atoms with E-state index in [1.54, 1.807) is 91.4 Å². The van der Waals surface area contributed by atoms with Crippen LogP contribution in [-0.2, 0) is 131 Å². The third-order valence-electron chi connectivity index (χ3n) is 11.9. The normalized spacial score (nSPS) is 10.2. The Balaban J connectivity index is -0.000000261. The van der Waals surface area contributed by atoms with Crippen LogP contribution in [0.25, 0.3) is 0 Å². The summed E-state index contributed by atoms with van der Waals surface area (Å²) in [6.07, 6.45) is 6.42. The van der Waals surface area contributed by atoms with Crippen LogP contribution >= 0.6 is 46.4 Å². The minimum atomic E-state index is 0.349. The molecule has 22 nitrogen and oxygen atoms in total. The molecule has 0 saturated heterocycles. The van der Waals surface area contributed by atoms with Crippen molar-refractivity contribution in [1.29, 1.82) is 0 Å². The van der Waals surface area contributed by atoms with Gasteiger partial charge in [-0.15, -0.1) is 0 Å². The maximum atomic E-state index is 5.93. The van der Waals surface area contributed by atoms with E-state index in [0.29, 0.717) is 135 Å². The molecule has 0 N–H and O–H groups in total. The molecule has 26 heteroatoms. The van der Waals surface area contributed by atoms with Crippen LogP contribution in [0.1, 0.15) is 95.4 Å². The van der Waals surface area contributed by atoms with E-state index in [1.165, 1.54) is 5.56 Å². The van der Waals surface area contributed by atoms with Crippen molar-refractivity contribution in [2.75, 3.05) is 264 Å². The van der Waals surface area contributed by atoms with Crippen LogP contribution in [0.2, 0.25) is 20.1 Å². The molecular formula is C79H142Cl4O22. The lowest BCUT2D eigenvalue weighted by Gasteiger charge is -2.05. The first kappa shape index (κ1) is 113. The highest BCUT2D eigenvalue weighted by Gasteiger charge is 2.01. The first-order chi connectivity index (χ1) is 51.2. The summed E-state index contributed by atoms with van der Waals surface area (Å²) >= 11 is 23.4. The van der Waals surface area contributed by atoms with Crippen molar-refractivity contribution in [1.82, 2.24) is 0 Å². The summed E-state index contributed by atoms with van der Waals surface area (Å²) in [6, 6.07) is 30.9. The Hall–Kier alpha value is -2.84. The Bertz CT molecular complexity index is 2110. The SMILES string of the molecule is CCCOCCCOC.CCOCCCOC.CCOCCOCCOC.COCCCOC.COCCCOC(C)C.COCCCOCc1ccccc1.COCCOCCOC.COCCOCc1cc(Cl)cc(Cl)c1.COCCOCc1cccc(Cl)c1.COCCOCc1ccccc1Cl. The number of methoxy groups -OCH3 is 12. The van der Waals surface area contributed by atoms with Crippen molar-refractivity contribution < 1.29 is 104 Å². The van der Waals surface area contributed by atoms with Crippen LogP contribution in [0.3, 0.4) is 0 Å². The molecule has 0 aromatic heterocycles. The topological polar surface area (TPSA) is 203 Å². The summed E-state index contributed by atoms with van der Waals surface area (Å²) in [5.41, 5.74) is 4.29. The van der Waals surface area contributed by atoms with Gasteiger partial charge in [-0.25, -0.2) is 0 Å². The van der Waals surface area contributed by atoms with Crippen molar-refractivity contribution in [3.8, 4) is 0 Å². The zero-order valence-electron chi connectivity index (χ0n) is 67.5. The molecule has 0 spiro atoms. The fourth-order valence-corrected chi connectivity index (χ4v) is 7.73. The first-order valence-corrected chi connectivity index (χ1v) is 37.3. The number of benzene rings is 4. The van der Waals surface area contributed by atoms with Crippen LogP contribution in [-0.4, -0.2) is 270 Å². The van der Waals surface area contributed by atoms with E-state index in [2.05, 4.69) is 19.1 Å². The van der Waals surface area contributed by atoms with Gasteiger partial charge < -0.3 is 104 Å². The highest BCUT2D eigenvalue weighted by Crippen LogP contribution is 2.20. The second-order valence-corrected chi connectivity index (χ2v) is 23.2. The summed E-state index contributed by atoms with van der Waals surface area (Å²) < 4.78 is 110. The predicted octanol–water partition coefficient (Wildman–Crippen LogP) is 16.0. The molecule has 4 aromatic carbocycles. The van der Waals surface area contributed by atoms with Crippen molar-refractivity contribution >= 4 is 46.4 Å². The van der Waals surface area contributed by atoms with Crippen molar-refractivity contribution in [2.24, 2.45) is 0 Å². The number of halogens is 4. The molecule has 0 atom stereocenters. The van der Waals surface area contributed by atoms with E-state index in [-0.39, 0.29) is 0 Å². The Morgan fingerprint density at radius 1 is 0.257 bits per heavy atom. The van der Waals surface area contributed by atoms with Crippen LogP contribution in [0.5, 0.6) is 0 Å². The number of ether oxygens (including phenoxy) is 22. The Morgan fingerprint density at radius 2 is 0.571 bits per heavy atom. The molecule has 0 fully saturated rings. The zero-order valence-corrected chi connectivity index (χ0v) is 70.5. The Labute approximate surface area is 655 Å². The van der Waals surface area contributed by atoms with E-state index < -0.39 is 0 Å². The fraction of sp³-hybridized carbons (Fsp3) is 0.696. The second-order valence-electron chi connectivity index (χ2n) is 21.5. The molecule has 0 aliphatic rings. The smallest absolute Gasteiger partial charge is 0.0732 e. The maximum absolute atomic E-state index is 5.93. The number of hydrogen-bond donors (Lipinski definition) is 0. The molecule has 0 aliphatic heterocycles. The van der Waals surface area contributed by atoms with Crippen molar-refractivity contribution in [2.45, 2.75) is 106 Å². The molecule has 0 aliphatic carbocycles. The quantitative estimate of drug-likeness (QED) is 0.0377. The van der Waals surface area contributed by atoms with Gasteiger partial charge in [0, 0.05) is 191 Å². The van der Waals surface area contributed by atoms with E-state index in [4.69, 9.17) is 151 Å². The largest absolute Gasteiger partial charge is 0.385 e. The standard InChI is InChI=1S/C11H16O2.C10H12Cl2O2.2C10H13ClO2.C7H16O3.2C7H16O2.C6H14O3.C6H14O2.C5H12O2/c1-12-8-5-9-13-10-11-6-3-2-4-7-11;1-13-2-3-14-7-8-4-9(11)6-10(12)5-8;1-12-5-6-13-8-9-3-2-4-10(11)7-9;1-12-6-7-13-8-9-4-2-3-5-10(9)11;1-3-9-6-7-10-5-4-8-2;1-7(2)9-6-4-5-8-3;1-3-5-9-7-4-6-8-2;1-7-3-5-9-6-4-8-2;1-3-8-6-4-5-7-2;1-6-4-3-5-7-2/h2-4,6-7H,5,8-10H2,1H3;4-6H,2-3,7H2,1H3;2-4,7H,5-6,8H2,1H3;2-5H,6-8H2,1H3;3-7H2,1-2H3;7H,4-6H2,1-3H3;3-7H2,1-2H3;3-6H2,1-2H3;3-6H2,1-2H3;3-5H2,1-2H3. The molecule has 618 valence electrons. The van der Waals surface area contributed by atoms with Gasteiger partial charge in [0.2, 0.25) is 0 Å². The van der Waals surface area contributed by atoms with Crippen LogP contribution < -0.4 is 0 Å².